The third-order valence-corrected chi connectivity index (χ3v) is 2.68. The molecule has 0 amide bonds. The van der Waals surface area contributed by atoms with E-state index < -0.39 is 0 Å². The first-order valence-corrected chi connectivity index (χ1v) is 4.76. The predicted octanol–water partition coefficient (Wildman–Crippen LogP) is 2.61. The lowest BCUT2D eigenvalue weighted by atomic mass is 10.0. The minimum absolute atomic E-state index is 0.605. The highest BCUT2D eigenvalue weighted by Crippen LogP contribution is 2.32. The first-order chi connectivity index (χ1) is 6.40. The van der Waals surface area contributed by atoms with Crippen molar-refractivity contribution in [1.82, 2.24) is 4.98 Å². The maximum atomic E-state index is 8.73. The molecule has 2 heteroatoms. The molecule has 0 atom stereocenters. The van der Waals surface area contributed by atoms with Gasteiger partial charge in [0.1, 0.15) is 0 Å². The molecular formula is C11H12N2. The molecule has 0 aliphatic heterocycles. The standard InChI is InChI=1S/C11H12N2/c12-8-9-5-6-13-11(7-9)10-3-1-2-4-10/h5-7,10H,1-4H2. The zero-order chi connectivity index (χ0) is 9.10. The Balaban J connectivity index is 2.25. The van der Waals surface area contributed by atoms with Crippen LogP contribution in [-0.4, -0.2) is 4.98 Å². The first-order valence-electron chi connectivity index (χ1n) is 4.76. The lowest BCUT2D eigenvalue weighted by Crippen LogP contribution is -1.96. The van der Waals surface area contributed by atoms with E-state index in [0.29, 0.717) is 5.92 Å². The van der Waals surface area contributed by atoms with E-state index in [1.807, 2.05) is 6.07 Å². The lowest BCUT2D eigenvalue weighted by molar-refractivity contribution is 0.697. The lowest BCUT2D eigenvalue weighted by Gasteiger charge is -2.07. The molecule has 0 bridgehead atoms. The van der Waals surface area contributed by atoms with Crippen molar-refractivity contribution in [3.8, 4) is 6.07 Å². The molecule has 1 aliphatic carbocycles. The van der Waals surface area contributed by atoms with Gasteiger partial charge in [0, 0.05) is 17.8 Å². The van der Waals surface area contributed by atoms with Crippen molar-refractivity contribution in [2.75, 3.05) is 0 Å². The van der Waals surface area contributed by atoms with Gasteiger partial charge in [0.15, 0.2) is 0 Å². The van der Waals surface area contributed by atoms with Crippen LogP contribution in [0.3, 0.4) is 0 Å². The van der Waals surface area contributed by atoms with Crippen LogP contribution in [0, 0.1) is 11.3 Å². The van der Waals surface area contributed by atoms with Crippen molar-refractivity contribution in [2.24, 2.45) is 0 Å². The van der Waals surface area contributed by atoms with Gasteiger partial charge in [-0.25, -0.2) is 0 Å². The zero-order valence-electron chi connectivity index (χ0n) is 7.53. The molecule has 0 saturated heterocycles. The fourth-order valence-corrected chi connectivity index (χ4v) is 1.96. The number of nitrogens with zero attached hydrogens (tertiary/aromatic N) is 2. The summed E-state index contributed by atoms with van der Waals surface area (Å²) in [6.07, 6.45) is 6.84. The number of nitriles is 1. The quantitative estimate of drug-likeness (QED) is 0.652. The van der Waals surface area contributed by atoms with E-state index in [9.17, 15) is 0 Å². The summed E-state index contributed by atoms with van der Waals surface area (Å²) in [6.45, 7) is 0. The average Bonchev–Trinajstić information content (AvgIpc) is 2.71. The van der Waals surface area contributed by atoms with Crippen molar-refractivity contribution in [2.45, 2.75) is 31.6 Å². The molecule has 1 fully saturated rings. The van der Waals surface area contributed by atoms with E-state index in [4.69, 9.17) is 5.26 Å². The molecule has 0 radical (unpaired) electrons. The van der Waals surface area contributed by atoms with Crippen LogP contribution in [0.2, 0.25) is 0 Å². The Hall–Kier alpha value is -1.36. The Bertz CT molecular complexity index is 332. The molecule has 1 aromatic rings. The molecular weight excluding hydrogens is 160 g/mol. The summed E-state index contributed by atoms with van der Waals surface area (Å²) in [5.74, 6) is 0.605. The van der Waals surface area contributed by atoms with Crippen LogP contribution in [0.5, 0.6) is 0 Å². The van der Waals surface area contributed by atoms with E-state index in [2.05, 4.69) is 11.1 Å². The maximum absolute atomic E-state index is 8.73. The third kappa shape index (κ3) is 1.70. The van der Waals surface area contributed by atoms with Crippen LogP contribution in [0.1, 0.15) is 42.9 Å². The second-order valence-corrected chi connectivity index (χ2v) is 3.56. The molecule has 0 spiro atoms. The molecule has 13 heavy (non-hydrogen) atoms. The largest absolute Gasteiger partial charge is 0.261 e. The summed E-state index contributed by atoms with van der Waals surface area (Å²) in [4.78, 5) is 4.32. The minimum atomic E-state index is 0.605. The van der Waals surface area contributed by atoms with Gasteiger partial charge in [-0.05, 0) is 25.0 Å². The molecule has 66 valence electrons. The van der Waals surface area contributed by atoms with Gasteiger partial charge in [0.05, 0.1) is 11.6 Å². The zero-order valence-corrected chi connectivity index (χ0v) is 7.53. The smallest absolute Gasteiger partial charge is 0.0992 e. The average molecular weight is 172 g/mol. The van der Waals surface area contributed by atoms with Crippen molar-refractivity contribution >= 4 is 0 Å². The molecule has 1 saturated carbocycles. The molecule has 2 rings (SSSR count). The van der Waals surface area contributed by atoms with Gasteiger partial charge >= 0.3 is 0 Å². The summed E-state index contributed by atoms with van der Waals surface area (Å²) in [6, 6.07) is 5.84. The van der Waals surface area contributed by atoms with E-state index in [1.165, 1.54) is 25.7 Å². The van der Waals surface area contributed by atoms with Crippen LogP contribution >= 0.6 is 0 Å². The molecule has 1 aliphatic rings. The van der Waals surface area contributed by atoms with Gasteiger partial charge < -0.3 is 0 Å². The molecule has 2 nitrogen and oxygen atoms in total. The summed E-state index contributed by atoms with van der Waals surface area (Å²) in [5.41, 5.74) is 1.84. The maximum Gasteiger partial charge on any atom is 0.0992 e. The molecule has 0 unspecified atom stereocenters. The van der Waals surface area contributed by atoms with E-state index in [1.54, 1.807) is 12.3 Å². The molecule has 0 aromatic carbocycles. The van der Waals surface area contributed by atoms with Crippen molar-refractivity contribution < 1.29 is 0 Å². The summed E-state index contributed by atoms with van der Waals surface area (Å²) >= 11 is 0. The van der Waals surface area contributed by atoms with Gasteiger partial charge in [0.25, 0.3) is 0 Å². The molecule has 1 heterocycles. The topological polar surface area (TPSA) is 36.7 Å². The highest BCUT2D eigenvalue weighted by molar-refractivity contribution is 5.30. The van der Waals surface area contributed by atoms with E-state index >= 15 is 0 Å². The third-order valence-electron chi connectivity index (χ3n) is 2.68. The van der Waals surface area contributed by atoms with Gasteiger partial charge in [-0.1, -0.05) is 12.8 Å². The number of hydrogen-bond acceptors (Lipinski definition) is 2. The van der Waals surface area contributed by atoms with Crippen molar-refractivity contribution in [3.05, 3.63) is 29.6 Å². The van der Waals surface area contributed by atoms with E-state index in [0.717, 1.165) is 11.3 Å². The van der Waals surface area contributed by atoms with Gasteiger partial charge in [-0.3, -0.25) is 4.98 Å². The Morgan fingerprint density at radius 1 is 1.38 bits per heavy atom. The second-order valence-electron chi connectivity index (χ2n) is 3.56. The van der Waals surface area contributed by atoms with Crippen LogP contribution in [0.25, 0.3) is 0 Å². The van der Waals surface area contributed by atoms with Gasteiger partial charge in [0.2, 0.25) is 0 Å². The number of rotatable bonds is 1. The number of hydrogen-bond donors (Lipinski definition) is 0. The van der Waals surface area contributed by atoms with Crippen LogP contribution in [0.4, 0.5) is 0 Å². The number of aromatic nitrogens is 1. The normalized spacial score (nSPS) is 17.2. The Morgan fingerprint density at radius 2 is 2.15 bits per heavy atom. The fraction of sp³-hybridized carbons (Fsp3) is 0.455. The molecule has 1 aromatic heterocycles. The predicted molar refractivity (Wildman–Crippen MR) is 50.2 cm³/mol. The summed E-state index contributed by atoms with van der Waals surface area (Å²) in [7, 11) is 0. The Morgan fingerprint density at radius 3 is 2.85 bits per heavy atom. The van der Waals surface area contributed by atoms with Crippen LogP contribution in [-0.2, 0) is 0 Å². The highest BCUT2D eigenvalue weighted by atomic mass is 14.7. The summed E-state index contributed by atoms with van der Waals surface area (Å²) < 4.78 is 0. The van der Waals surface area contributed by atoms with E-state index in [-0.39, 0.29) is 0 Å². The molecule has 0 N–H and O–H groups in total. The van der Waals surface area contributed by atoms with Crippen molar-refractivity contribution in [1.29, 1.82) is 5.26 Å². The monoisotopic (exact) mass is 172 g/mol. The minimum Gasteiger partial charge on any atom is -0.261 e. The first kappa shape index (κ1) is 8.25. The summed E-state index contributed by atoms with van der Waals surface area (Å²) in [5, 5.41) is 8.73. The number of pyridine rings is 1. The van der Waals surface area contributed by atoms with Gasteiger partial charge in [-0.15, -0.1) is 0 Å². The Kier molecular flexibility index (Phi) is 2.27. The fourth-order valence-electron chi connectivity index (χ4n) is 1.96. The Labute approximate surface area is 78.2 Å². The highest BCUT2D eigenvalue weighted by Gasteiger charge is 2.18. The van der Waals surface area contributed by atoms with Crippen molar-refractivity contribution in [3.63, 3.8) is 0 Å². The van der Waals surface area contributed by atoms with Crippen LogP contribution < -0.4 is 0 Å². The second kappa shape index (κ2) is 3.57. The van der Waals surface area contributed by atoms with Crippen LogP contribution in [0.15, 0.2) is 18.3 Å². The van der Waals surface area contributed by atoms with Gasteiger partial charge in [-0.2, -0.15) is 5.26 Å². The SMILES string of the molecule is N#Cc1ccnc(C2CCCC2)c1.